The van der Waals surface area contributed by atoms with Gasteiger partial charge >= 0.3 is 5.97 Å². The van der Waals surface area contributed by atoms with E-state index < -0.39 is 17.6 Å². The number of methoxy groups -OCH3 is 1. The molecule has 0 aliphatic carbocycles. The van der Waals surface area contributed by atoms with Crippen LogP contribution in [0.3, 0.4) is 0 Å². The standard InChI is InChI=1S/C27H24F2N4O3/c1-36-22-5-4-16(10-21(22)29)24-19(26(34)35)12-23(33-8-6-27(7-9-33)14-31-15-27)32-25(24)17-2-3-18(13-30)20(28)11-17/h2-5,10-12,31H,6-9,14-15H2,1H3,(H,34,35). The zero-order valence-electron chi connectivity index (χ0n) is 19.6. The number of carboxylic acids is 1. The highest BCUT2D eigenvalue weighted by Crippen LogP contribution is 2.40. The second kappa shape index (κ2) is 9.21. The number of ether oxygens (including phenoxy) is 1. The molecule has 184 valence electrons. The fourth-order valence-electron chi connectivity index (χ4n) is 4.98. The lowest BCUT2D eigenvalue weighted by molar-refractivity contribution is 0.0697. The molecule has 2 aliphatic rings. The van der Waals surface area contributed by atoms with Gasteiger partial charge in [0.1, 0.15) is 17.7 Å². The molecule has 36 heavy (non-hydrogen) atoms. The summed E-state index contributed by atoms with van der Waals surface area (Å²) in [4.78, 5) is 19.3. The van der Waals surface area contributed by atoms with Crippen molar-refractivity contribution >= 4 is 11.8 Å². The summed E-state index contributed by atoms with van der Waals surface area (Å²) in [7, 11) is 1.34. The third-order valence-corrected chi connectivity index (χ3v) is 7.19. The molecule has 2 aromatic carbocycles. The number of pyridine rings is 1. The smallest absolute Gasteiger partial charge is 0.336 e. The lowest BCUT2D eigenvalue weighted by atomic mass is 9.73. The van der Waals surface area contributed by atoms with Crippen molar-refractivity contribution in [2.45, 2.75) is 12.8 Å². The number of piperidine rings is 1. The molecule has 2 saturated heterocycles. The van der Waals surface area contributed by atoms with E-state index in [-0.39, 0.29) is 39.1 Å². The zero-order valence-corrected chi connectivity index (χ0v) is 19.6. The minimum absolute atomic E-state index is 0.0129. The highest BCUT2D eigenvalue weighted by Gasteiger charge is 2.40. The van der Waals surface area contributed by atoms with E-state index in [1.807, 2.05) is 4.90 Å². The first kappa shape index (κ1) is 23.7. The van der Waals surface area contributed by atoms with Crippen molar-refractivity contribution in [3.63, 3.8) is 0 Å². The Balaban J connectivity index is 1.68. The molecule has 0 atom stereocenters. The molecule has 7 nitrogen and oxygen atoms in total. The summed E-state index contributed by atoms with van der Waals surface area (Å²) in [6, 6.07) is 11.4. The van der Waals surface area contributed by atoms with Gasteiger partial charge in [-0.15, -0.1) is 0 Å². The van der Waals surface area contributed by atoms with Crippen LogP contribution in [-0.4, -0.2) is 49.3 Å². The van der Waals surface area contributed by atoms with Crippen LogP contribution in [0.1, 0.15) is 28.8 Å². The van der Waals surface area contributed by atoms with E-state index in [1.54, 1.807) is 12.1 Å². The van der Waals surface area contributed by atoms with Crippen LogP contribution in [0.25, 0.3) is 22.4 Å². The summed E-state index contributed by atoms with van der Waals surface area (Å²) in [6.45, 7) is 3.38. The Bertz CT molecular complexity index is 1390. The highest BCUT2D eigenvalue weighted by atomic mass is 19.1. The van der Waals surface area contributed by atoms with Crippen LogP contribution in [-0.2, 0) is 0 Å². The van der Waals surface area contributed by atoms with Crippen molar-refractivity contribution in [1.82, 2.24) is 10.3 Å². The van der Waals surface area contributed by atoms with Gasteiger partial charge in [0.05, 0.1) is 23.9 Å². The number of rotatable bonds is 5. The van der Waals surface area contributed by atoms with Gasteiger partial charge in [0.25, 0.3) is 0 Å². The fourth-order valence-corrected chi connectivity index (χ4v) is 4.98. The average Bonchev–Trinajstić information content (AvgIpc) is 2.87. The largest absolute Gasteiger partial charge is 0.494 e. The van der Waals surface area contributed by atoms with Crippen LogP contribution in [0.4, 0.5) is 14.6 Å². The van der Waals surface area contributed by atoms with E-state index in [0.717, 1.165) is 32.0 Å². The Morgan fingerprint density at radius 3 is 2.36 bits per heavy atom. The molecule has 0 radical (unpaired) electrons. The molecular formula is C27H24F2N4O3. The van der Waals surface area contributed by atoms with Gasteiger partial charge in [-0.1, -0.05) is 12.1 Å². The Hall–Kier alpha value is -4.03. The van der Waals surface area contributed by atoms with Crippen LogP contribution in [0.2, 0.25) is 0 Å². The molecule has 0 unspecified atom stereocenters. The van der Waals surface area contributed by atoms with Crippen molar-refractivity contribution in [2.24, 2.45) is 5.41 Å². The maximum atomic E-state index is 14.6. The predicted molar refractivity (Wildman–Crippen MR) is 130 cm³/mol. The summed E-state index contributed by atoms with van der Waals surface area (Å²) < 4.78 is 34.3. The number of aromatic nitrogens is 1. The number of anilines is 1. The second-order valence-electron chi connectivity index (χ2n) is 9.30. The van der Waals surface area contributed by atoms with Crippen molar-refractivity contribution < 1.29 is 23.4 Å². The molecule has 9 heteroatoms. The number of hydrogen-bond acceptors (Lipinski definition) is 6. The van der Waals surface area contributed by atoms with Gasteiger partial charge in [0.2, 0.25) is 0 Å². The lowest BCUT2D eigenvalue weighted by Crippen LogP contribution is -2.58. The molecule has 5 rings (SSSR count). The molecule has 0 amide bonds. The van der Waals surface area contributed by atoms with Gasteiger partial charge < -0.3 is 20.1 Å². The van der Waals surface area contributed by atoms with E-state index in [9.17, 15) is 18.7 Å². The van der Waals surface area contributed by atoms with Gasteiger partial charge in [0.15, 0.2) is 11.6 Å². The third kappa shape index (κ3) is 4.14. The van der Waals surface area contributed by atoms with Crippen molar-refractivity contribution in [3.8, 4) is 34.2 Å². The first-order chi connectivity index (χ1) is 17.3. The van der Waals surface area contributed by atoms with Crippen molar-refractivity contribution in [3.05, 3.63) is 65.2 Å². The molecule has 1 spiro atoms. The summed E-state index contributed by atoms with van der Waals surface area (Å²) in [5.41, 5.74) is 0.986. The third-order valence-electron chi connectivity index (χ3n) is 7.19. The van der Waals surface area contributed by atoms with Crippen molar-refractivity contribution in [1.29, 1.82) is 5.26 Å². The summed E-state index contributed by atoms with van der Waals surface area (Å²) >= 11 is 0. The second-order valence-corrected chi connectivity index (χ2v) is 9.30. The Morgan fingerprint density at radius 2 is 1.81 bits per heavy atom. The Labute approximate surface area is 207 Å². The Morgan fingerprint density at radius 1 is 1.11 bits per heavy atom. The topological polar surface area (TPSA) is 98.5 Å². The number of carboxylic acid groups (broad SMARTS) is 1. The van der Waals surface area contributed by atoms with Gasteiger partial charge in [0, 0.05) is 37.3 Å². The minimum Gasteiger partial charge on any atom is -0.494 e. The monoisotopic (exact) mass is 490 g/mol. The van der Waals surface area contributed by atoms with E-state index in [0.29, 0.717) is 24.5 Å². The SMILES string of the molecule is COc1ccc(-c2c(C(=O)O)cc(N3CCC4(CC3)CNC4)nc2-c2ccc(C#N)c(F)c2)cc1F. The number of nitrogens with zero attached hydrogens (tertiary/aromatic N) is 3. The molecule has 3 aromatic rings. The normalized spacial score (nSPS) is 16.3. The van der Waals surface area contributed by atoms with Crippen LogP contribution in [0.5, 0.6) is 5.75 Å². The van der Waals surface area contributed by atoms with Gasteiger partial charge in [-0.3, -0.25) is 0 Å². The number of nitriles is 1. The minimum atomic E-state index is -1.21. The number of halogens is 2. The highest BCUT2D eigenvalue weighted by molar-refractivity contribution is 6.01. The Kier molecular flexibility index (Phi) is 6.06. The molecule has 2 fully saturated rings. The quantitative estimate of drug-likeness (QED) is 0.545. The van der Waals surface area contributed by atoms with Crippen LogP contribution in [0.15, 0.2) is 42.5 Å². The van der Waals surface area contributed by atoms with E-state index in [2.05, 4.69) is 5.32 Å². The van der Waals surface area contributed by atoms with Crippen LogP contribution in [0, 0.1) is 28.4 Å². The van der Waals surface area contributed by atoms with Crippen LogP contribution >= 0.6 is 0 Å². The van der Waals surface area contributed by atoms with E-state index in [4.69, 9.17) is 15.0 Å². The summed E-state index contributed by atoms with van der Waals surface area (Å²) in [6.07, 6.45) is 1.91. The fraction of sp³-hybridized carbons (Fsp3) is 0.296. The van der Waals surface area contributed by atoms with Gasteiger partial charge in [-0.2, -0.15) is 5.26 Å². The van der Waals surface area contributed by atoms with E-state index >= 15 is 0 Å². The van der Waals surface area contributed by atoms with Crippen molar-refractivity contribution in [2.75, 3.05) is 38.2 Å². The molecule has 0 bridgehead atoms. The number of carbonyl (C=O) groups is 1. The maximum absolute atomic E-state index is 14.6. The maximum Gasteiger partial charge on any atom is 0.336 e. The first-order valence-electron chi connectivity index (χ1n) is 11.6. The van der Waals surface area contributed by atoms with E-state index in [1.165, 1.54) is 37.4 Å². The first-order valence-corrected chi connectivity index (χ1v) is 11.6. The van der Waals surface area contributed by atoms with Gasteiger partial charge in [-0.25, -0.2) is 18.6 Å². The van der Waals surface area contributed by atoms with Gasteiger partial charge in [-0.05, 0) is 54.2 Å². The lowest BCUT2D eigenvalue weighted by Gasteiger charge is -2.48. The molecule has 2 aliphatic heterocycles. The number of hydrogen-bond donors (Lipinski definition) is 2. The average molecular weight is 491 g/mol. The van der Waals surface area contributed by atoms with Crippen LogP contribution < -0.4 is 15.0 Å². The summed E-state index contributed by atoms with van der Waals surface area (Å²) in [5.74, 6) is -2.14. The number of nitrogens with one attached hydrogen (secondary N) is 1. The number of aromatic carboxylic acids is 1. The zero-order chi connectivity index (χ0) is 25.4. The summed E-state index contributed by atoms with van der Waals surface area (Å²) in [5, 5.41) is 22.6. The molecule has 0 saturated carbocycles. The molecular weight excluding hydrogens is 466 g/mol. The molecule has 2 N–H and O–H groups in total. The molecule has 1 aromatic heterocycles. The molecule has 3 heterocycles. The number of benzene rings is 2. The predicted octanol–water partition coefficient (Wildman–Crippen LogP) is 4.46.